The summed E-state index contributed by atoms with van der Waals surface area (Å²) in [6.07, 6.45) is 0. The van der Waals surface area contributed by atoms with Gasteiger partial charge in [-0.2, -0.15) is 5.10 Å². The molecule has 4 nitrogen and oxygen atoms in total. The largest absolute Gasteiger partial charge is 0.389 e. The van der Waals surface area contributed by atoms with Crippen molar-refractivity contribution in [3.63, 3.8) is 0 Å². The topological polar surface area (TPSA) is 41.3 Å². The second-order valence-electron chi connectivity index (χ2n) is 5.15. The number of aliphatic hydroxyl groups is 1. The van der Waals surface area contributed by atoms with Crippen molar-refractivity contribution in [3.8, 4) is 0 Å². The standard InChI is InChI=1S/C12H22BrN3O/c1-6-16-10(11(13)9(2)14-16)7-15(5)8-12(3,4)17/h17H,6-8H2,1-5H3. The summed E-state index contributed by atoms with van der Waals surface area (Å²) in [5.74, 6) is 0. The van der Waals surface area contributed by atoms with Gasteiger partial charge in [0, 0.05) is 19.6 Å². The van der Waals surface area contributed by atoms with Crippen molar-refractivity contribution in [1.82, 2.24) is 14.7 Å². The molecule has 1 aromatic rings. The van der Waals surface area contributed by atoms with Crippen LogP contribution in [-0.2, 0) is 13.1 Å². The van der Waals surface area contributed by atoms with E-state index in [0.717, 1.165) is 29.0 Å². The summed E-state index contributed by atoms with van der Waals surface area (Å²) in [7, 11) is 2.01. The molecule has 1 rings (SSSR count). The molecule has 0 saturated carbocycles. The zero-order valence-corrected chi connectivity index (χ0v) is 12.9. The summed E-state index contributed by atoms with van der Waals surface area (Å²) < 4.78 is 3.07. The number of halogens is 1. The van der Waals surface area contributed by atoms with Gasteiger partial charge in [-0.05, 0) is 50.7 Å². The van der Waals surface area contributed by atoms with Crippen molar-refractivity contribution in [2.45, 2.75) is 46.4 Å². The summed E-state index contributed by atoms with van der Waals surface area (Å²) in [5, 5.41) is 14.3. The van der Waals surface area contributed by atoms with E-state index in [9.17, 15) is 5.11 Å². The molecule has 0 amide bonds. The minimum absolute atomic E-state index is 0.632. The number of aromatic nitrogens is 2. The molecule has 0 aromatic carbocycles. The predicted octanol–water partition coefficient (Wildman–Crippen LogP) is 2.18. The van der Waals surface area contributed by atoms with Gasteiger partial charge in [0.15, 0.2) is 0 Å². The Morgan fingerprint density at radius 2 is 2.06 bits per heavy atom. The summed E-state index contributed by atoms with van der Waals surface area (Å²) in [6.45, 7) is 9.99. The number of nitrogens with zero attached hydrogens (tertiary/aromatic N) is 3. The van der Waals surface area contributed by atoms with Gasteiger partial charge in [-0.25, -0.2) is 0 Å². The van der Waals surface area contributed by atoms with Crippen molar-refractivity contribution in [2.75, 3.05) is 13.6 Å². The molecule has 5 heteroatoms. The SMILES string of the molecule is CCn1nc(C)c(Br)c1CN(C)CC(C)(C)O. The Bertz CT molecular complexity index is 382. The second kappa shape index (κ2) is 5.50. The highest BCUT2D eigenvalue weighted by Crippen LogP contribution is 2.22. The molecule has 0 atom stereocenters. The van der Waals surface area contributed by atoms with Crippen LogP contribution >= 0.6 is 15.9 Å². The molecule has 0 radical (unpaired) electrons. The Balaban J connectivity index is 2.80. The van der Waals surface area contributed by atoms with Crippen molar-refractivity contribution < 1.29 is 5.11 Å². The minimum atomic E-state index is -0.673. The van der Waals surface area contributed by atoms with E-state index in [1.807, 2.05) is 32.5 Å². The Labute approximate surface area is 112 Å². The minimum Gasteiger partial charge on any atom is -0.389 e. The van der Waals surface area contributed by atoms with E-state index in [-0.39, 0.29) is 0 Å². The van der Waals surface area contributed by atoms with Gasteiger partial charge in [0.2, 0.25) is 0 Å². The molecule has 1 heterocycles. The third kappa shape index (κ3) is 4.08. The molecule has 0 bridgehead atoms. The van der Waals surface area contributed by atoms with Gasteiger partial charge < -0.3 is 5.11 Å². The van der Waals surface area contributed by atoms with Crippen LogP contribution < -0.4 is 0 Å². The monoisotopic (exact) mass is 303 g/mol. The van der Waals surface area contributed by atoms with Gasteiger partial charge >= 0.3 is 0 Å². The van der Waals surface area contributed by atoms with Crippen LogP contribution in [0.15, 0.2) is 4.47 Å². The molecule has 1 aromatic heterocycles. The molecule has 0 saturated heterocycles. The van der Waals surface area contributed by atoms with E-state index in [0.29, 0.717) is 6.54 Å². The average molecular weight is 304 g/mol. The zero-order valence-electron chi connectivity index (χ0n) is 11.3. The lowest BCUT2D eigenvalue weighted by Crippen LogP contribution is -2.36. The van der Waals surface area contributed by atoms with E-state index in [4.69, 9.17) is 0 Å². The molecule has 0 aliphatic heterocycles. The lowest BCUT2D eigenvalue weighted by molar-refractivity contribution is 0.0417. The maximum atomic E-state index is 9.79. The molecular weight excluding hydrogens is 282 g/mol. The molecular formula is C12H22BrN3O. The second-order valence-corrected chi connectivity index (χ2v) is 5.94. The molecule has 0 unspecified atom stereocenters. The van der Waals surface area contributed by atoms with Crippen molar-refractivity contribution in [3.05, 3.63) is 15.9 Å². The van der Waals surface area contributed by atoms with Crippen LogP contribution in [0.3, 0.4) is 0 Å². The third-order valence-electron chi connectivity index (χ3n) is 2.53. The fraction of sp³-hybridized carbons (Fsp3) is 0.750. The lowest BCUT2D eigenvalue weighted by Gasteiger charge is -2.25. The van der Waals surface area contributed by atoms with E-state index < -0.39 is 5.60 Å². The van der Waals surface area contributed by atoms with Gasteiger partial charge in [0.05, 0.1) is 21.5 Å². The number of aryl methyl sites for hydroxylation is 2. The maximum absolute atomic E-state index is 9.79. The smallest absolute Gasteiger partial charge is 0.0739 e. The van der Waals surface area contributed by atoms with Crippen LogP contribution in [0.5, 0.6) is 0 Å². The molecule has 98 valence electrons. The molecule has 17 heavy (non-hydrogen) atoms. The third-order valence-corrected chi connectivity index (χ3v) is 3.56. The van der Waals surface area contributed by atoms with Crippen LogP contribution in [0.1, 0.15) is 32.2 Å². The van der Waals surface area contributed by atoms with E-state index in [2.05, 4.69) is 32.9 Å². The fourth-order valence-electron chi connectivity index (χ4n) is 1.99. The predicted molar refractivity (Wildman–Crippen MR) is 73.0 cm³/mol. The number of hydrogen-bond donors (Lipinski definition) is 1. The lowest BCUT2D eigenvalue weighted by atomic mass is 10.1. The fourth-order valence-corrected chi connectivity index (χ4v) is 2.40. The summed E-state index contributed by atoms with van der Waals surface area (Å²) in [4.78, 5) is 2.10. The van der Waals surface area contributed by atoms with Gasteiger partial charge in [0.25, 0.3) is 0 Å². The molecule has 0 aliphatic rings. The Kier molecular flexibility index (Phi) is 4.75. The van der Waals surface area contributed by atoms with Crippen LogP contribution in [0.2, 0.25) is 0 Å². The molecule has 0 spiro atoms. The first-order valence-corrected chi connectivity index (χ1v) is 6.66. The van der Waals surface area contributed by atoms with E-state index >= 15 is 0 Å². The summed E-state index contributed by atoms with van der Waals surface area (Å²) in [5.41, 5.74) is 1.50. The first-order valence-electron chi connectivity index (χ1n) is 5.87. The zero-order chi connectivity index (χ0) is 13.2. The summed E-state index contributed by atoms with van der Waals surface area (Å²) in [6, 6.07) is 0. The summed E-state index contributed by atoms with van der Waals surface area (Å²) >= 11 is 3.58. The normalized spacial score (nSPS) is 12.5. The Morgan fingerprint density at radius 3 is 2.53 bits per heavy atom. The highest BCUT2D eigenvalue weighted by molar-refractivity contribution is 9.10. The maximum Gasteiger partial charge on any atom is 0.0739 e. The number of rotatable bonds is 5. The highest BCUT2D eigenvalue weighted by atomic mass is 79.9. The van der Waals surface area contributed by atoms with Gasteiger partial charge in [-0.3, -0.25) is 9.58 Å². The van der Waals surface area contributed by atoms with Crippen molar-refractivity contribution >= 4 is 15.9 Å². The molecule has 0 fully saturated rings. The van der Waals surface area contributed by atoms with Gasteiger partial charge in [-0.1, -0.05) is 0 Å². The molecule has 0 aliphatic carbocycles. The number of hydrogen-bond acceptors (Lipinski definition) is 3. The highest BCUT2D eigenvalue weighted by Gasteiger charge is 2.19. The van der Waals surface area contributed by atoms with E-state index in [1.165, 1.54) is 0 Å². The Morgan fingerprint density at radius 1 is 1.47 bits per heavy atom. The van der Waals surface area contributed by atoms with Gasteiger partial charge in [0.1, 0.15) is 0 Å². The van der Waals surface area contributed by atoms with Crippen molar-refractivity contribution in [1.29, 1.82) is 0 Å². The van der Waals surface area contributed by atoms with Gasteiger partial charge in [-0.15, -0.1) is 0 Å². The number of likely N-dealkylation sites (N-methyl/N-ethyl adjacent to an activating group) is 1. The molecule has 1 N–H and O–H groups in total. The quantitative estimate of drug-likeness (QED) is 0.906. The van der Waals surface area contributed by atoms with E-state index in [1.54, 1.807) is 0 Å². The van der Waals surface area contributed by atoms with Crippen LogP contribution in [-0.4, -0.2) is 39.0 Å². The van der Waals surface area contributed by atoms with Crippen LogP contribution in [0.4, 0.5) is 0 Å². The van der Waals surface area contributed by atoms with Crippen molar-refractivity contribution in [2.24, 2.45) is 0 Å². The first kappa shape index (κ1) is 14.7. The van der Waals surface area contributed by atoms with Crippen LogP contribution in [0.25, 0.3) is 0 Å². The first-order chi connectivity index (χ1) is 7.74. The average Bonchev–Trinajstić information content (AvgIpc) is 2.42. The Hall–Kier alpha value is -0.390. The van der Waals surface area contributed by atoms with Crippen LogP contribution in [0, 0.1) is 6.92 Å².